The van der Waals surface area contributed by atoms with Crippen molar-refractivity contribution in [1.82, 2.24) is 5.32 Å². The molecule has 6 heteroatoms. The molecule has 0 saturated heterocycles. The second kappa shape index (κ2) is 8.58. The van der Waals surface area contributed by atoms with Gasteiger partial charge in [-0.15, -0.1) is 12.4 Å². The van der Waals surface area contributed by atoms with E-state index in [4.69, 9.17) is 15.2 Å². The van der Waals surface area contributed by atoms with Gasteiger partial charge in [-0.1, -0.05) is 19.4 Å². The van der Waals surface area contributed by atoms with E-state index in [9.17, 15) is 4.79 Å². The molecule has 1 aliphatic carbocycles. The zero-order valence-corrected chi connectivity index (χ0v) is 14.9. The minimum absolute atomic E-state index is 0. The van der Waals surface area contributed by atoms with Gasteiger partial charge in [0.25, 0.3) is 0 Å². The molecule has 2 aliphatic rings. The smallest absolute Gasteiger partial charge is 0.223 e. The van der Waals surface area contributed by atoms with E-state index >= 15 is 0 Å². The van der Waals surface area contributed by atoms with Gasteiger partial charge in [-0.2, -0.15) is 0 Å². The number of fused-ring (bicyclic) bond motifs is 1. The second-order valence-electron chi connectivity index (χ2n) is 6.41. The molecule has 1 fully saturated rings. The van der Waals surface area contributed by atoms with E-state index in [1.807, 2.05) is 18.2 Å². The first-order valence-electron chi connectivity index (χ1n) is 8.63. The molecule has 5 nitrogen and oxygen atoms in total. The van der Waals surface area contributed by atoms with E-state index in [0.717, 1.165) is 42.7 Å². The van der Waals surface area contributed by atoms with Crippen molar-refractivity contribution in [3.8, 4) is 11.5 Å². The fraction of sp³-hybridized carbons (Fsp3) is 0.611. The average molecular weight is 355 g/mol. The third-order valence-corrected chi connectivity index (χ3v) is 4.99. The lowest BCUT2D eigenvalue weighted by atomic mass is 9.94. The quantitative estimate of drug-likeness (QED) is 0.852. The molecule has 0 aromatic heterocycles. The molecule has 1 heterocycles. The van der Waals surface area contributed by atoms with Crippen LogP contribution in [0.2, 0.25) is 0 Å². The van der Waals surface area contributed by atoms with E-state index in [-0.39, 0.29) is 30.3 Å². The molecule has 0 spiro atoms. The molecule has 0 radical (unpaired) electrons. The van der Waals surface area contributed by atoms with Crippen LogP contribution in [0.4, 0.5) is 0 Å². The Balaban J connectivity index is 0.00000208. The highest BCUT2D eigenvalue weighted by Crippen LogP contribution is 2.35. The Morgan fingerprint density at radius 2 is 2.04 bits per heavy atom. The second-order valence-corrected chi connectivity index (χ2v) is 6.41. The number of hydrogen-bond acceptors (Lipinski definition) is 4. The van der Waals surface area contributed by atoms with Crippen molar-refractivity contribution in [3.63, 3.8) is 0 Å². The van der Waals surface area contributed by atoms with Gasteiger partial charge in [-0.05, 0) is 49.4 Å². The van der Waals surface area contributed by atoms with Crippen molar-refractivity contribution in [1.29, 1.82) is 0 Å². The third kappa shape index (κ3) is 3.95. The Labute approximate surface area is 149 Å². The number of hydrogen-bond donors (Lipinski definition) is 2. The lowest BCUT2D eigenvalue weighted by Crippen LogP contribution is -2.37. The Morgan fingerprint density at radius 3 is 2.75 bits per heavy atom. The normalized spacial score (nSPS) is 23.2. The molecule has 1 amide bonds. The Bertz CT molecular complexity index is 567. The molecular formula is C18H27ClN2O3. The van der Waals surface area contributed by atoms with Crippen LogP contribution in [0.25, 0.3) is 0 Å². The lowest BCUT2D eigenvalue weighted by Gasteiger charge is -2.24. The fourth-order valence-corrected chi connectivity index (χ4v) is 3.64. The number of nitrogens with one attached hydrogen (secondary N) is 1. The number of carbonyl (C=O) groups excluding carboxylic acids is 1. The number of halogens is 1. The van der Waals surface area contributed by atoms with Crippen LogP contribution in [0.3, 0.4) is 0 Å². The van der Waals surface area contributed by atoms with Crippen LogP contribution < -0.4 is 20.5 Å². The maximum atomic E-state index is 12.6. The van der Waals surface area contributed by atoms with Crippen molar-refractivity contribution in [2.75, 3.05) is 19.8 Å². The van der Waals surface area contributed by atoms with Crippen LogP contribution in [-0.2, 0) is 4.79 Å². The Hall–Kier alpha value is -1.46. The van der Waals surface area contributed by atoms with Gasteiger partial charge < -0.3 is 20.5 Å². The first-order chi connectivity index (χ1) is 11.2. The SMILES string of the molecule is CCC(NC(=O)[C@@H]1CCC[C@@H]1CN)c1ccc2c(c1)OCCO2.Cl. The number of nitrogens with two attached hydrogens (primary N) is 1. The highest BCUT2D eigenvalue weighted by atomic mass is 35.5. The van der Waals surface area contributed by atoms with Crippen molar-refractivity contribution in [2.45, 2.75) is 38.6 Å². The van der Waals surface area contributed by atoms with Crippen LogP contribution >= 0.6 is 12.4 Å². The predicted octanol–water partition coefficient (Wildman–Crippen LogP) is 2.82. The summed E-state index contributed by atoms with van der Waals surface area (Å²) in [5, 5.41) is 3.21. The van der Waals surface area contributed by atoms with Gasteiger partial charge in [0.05, 0.1) is 6.04 Å². The molecule has 24 heavy (non-hydrogen) atoms. The van der Waals surface area contributed by atoms with Gasteiger partial charge in [-0.25, -0.2) is 0 Å². The lowest BCUT2D eigenvalue weighted by molar-refractivity contribution is -0.126. The summed E-state index contributed by atoms with van der Waals surface area (Å²) >= 11 is 0. The van der Waals surface area contributed by atoms with E-state index in [1.54, 1.807) is 0 Å². The maximum absolute atomic E-state index is 12.6. The van der Waals surface area contributed by atoms with Gasteiger partial charge in [0.1, 0.15) is 13.2 Å². The highest BCUT2D eigenvalue weighted by molar-refractivity contribution is 5.85. The zero-order chi connectivity index (χ0) is 16.2. The minimum atomic E-state index is -0.00245. The van der Waals surface area contributed by atoms with Crippen LogP contribution in [0, 0.1) is 11.8 Å². The van der Waals surface area contributed by atoms with E-state index in [1.165, 1.54) is 0 Å². The van der Waals surface area contributed by atoms with Gasteiger partial charge in [0.2, 0.25) is 5.91 Å². The average Bonchev–Trinajstić information content (AvgIpc) is 3.08. The molecule has 1 aromatic rings. The molecule has 3 N–H and O–H groups in total. The Kier molecular flexibility index (Phi) is 6.75. The van der Waals surface area contributed by atoms with E-state index in [0.29, 0.717) is 25.7 Å². The number of ether oxygens (including phenoxy) is 2. The topological polar surface area (TPSA) is 73.6 Å². The Morgan fingerprint density at radius 1 is 1.29 bits per heavy atom. The van der Waals surface area contributed by atoms with Gasteiger partial charge in [0.15, 0.2) is 11.5 Å². The maximum Gasteiger partial charge on any atom is 0.223 e. The first kappa shape index (κ1) is 18.9. The predicted molar refractivity (Wildman–Crippen MR) is 95.7 cm³/mol. The first-order valence-corrected chi connectivity index (χ1v) is 8.63. The fourth-order valence-electron chi connectivity index (χ4n) is 3.64. The number of carbonyl (C=O) groups is 1. The summed E-state index contributed by atoms with van der Waals surface area (Å²) in [6.07, 6.45) is 3.95. The van der Waals surface area contributed by atoms with Crippen LogP contribution in [0.1, 0.15) is 44.2 Å². The molecule has 0 bridgehead atoms. The molecular weight excluding hydrogens is 328 g/mol. The van der Waals surface area contributed by atoms with E-state index in [2.05, 4.69) is 12.2 Å². The monoisotopic (exact) mass is 354 g/mol. The van der Waals surface area contributed by atoms with Crippen LogP contribution in [-0.4, -0.2) is 25.7 Å². The highest BCUT2D eigenvalue weighted by Gasteiger charge is 2.33. The summed E-state index contributed by atoms with van der Waals surface area (Å²) in [5.41, 5.74) is 6.86. The van der Waals surface area contributed by atoms with Gasteiger partial charge in [-0.3, -0.25) is 4.79 Å². The van der Waals surface area contributed by atoms with E-state index < -0.39 is 0 Å². The molecule has 1 saturated carbocycles. The van der Waals surface area contributed by atoms with Crippen LogP contribution in [0.15, 0.2) is 18.2 Å². The molecule has 3 rings (SSSR count). The number of rotatable bonds is 5. The largest absolute Gasteiger partial charge is 0.486 e. The molecule has 1 unspecified atom stereocenters. The molecule has 1 aromatic carbocycles. The summed E-state index contributed by atoms with van der Waals surface area (Å²) in [5.74, 6) is 2.07. The van der Waals surface area contributed by atoms with Gasteiger partial charge >= 0.3 is 0 Å². The zero-order valence-electron chi connectivity index (χ0n) is 14.1. The van der Waals surface area contributed by atoms with Gasteiger partial charge in [0, 0.05) is 5.92 Å². The van der Waals surface area contributed by atoms with Crippen LogP contribution in [0.5, 0.6) is 11.5 Å². The van der Waals surface area contributed by atoms with Crippen molar-refractivity contribution in [3.05, 3.63) is 23.8 Å². The summed E-state index contributed by atoms with van der Waals surface area (Å²) in [6.45, 7) is 3.83. The third-order valence-electron chi connectivity index (χ3n) is 4.99. The summed E-state index contributed by atoms with van der Waals surface area (Å²) in [7, 11) is 0. The molecule has 3 atom stereocenters. The molecule has 134 valence electrons. The minimum Gasteiger partial charge on any atom is -0.486 e. The standard InChI is InChI=1S/C18H26N2O3.ClH/c1-2-15(20-18(21)14-5-3-4-13(14)11-19)12-6-7-16-17(10-12)23-9-8-22-16;/h6-7,10,13-15H,2-5,8-9,11,19H2,1H3,(H,20,21);1H/t13-,14-,15?;/m1./s1. The molecule has 1 aliphatic heterocycles. The van der Waals surface area contributed by atoms with Crippen molar-refractivity contribution in [2.24, 2.45) is 17.6 Å². The summed E-state index contributed by atoms with van der Waals surface area (Å²) < 4.78 is 11.2. The van der Waals surface area contributed by atoms with Crippen molar-refractivity contribution < 1.29 is 14.3 Å². The number of amides is 1. The summed E-state index contributed by atoms with van der Waals surface area (Å²) in [6, 6.07) is 5.92. The number of benzene rings is 1. The van der Waals surface area contributed by atoms with Crippen molar-refractivity contribution >= 4 is 18.3 Å². The summed E-state index contributed by atoms with van der Waals surface area (Å²) in [4.78, 5) is 12.6.